The van der Waals surface area contributed by atoms with E-state index in [1.165, 1.54) is 0 Å². The Morgan fingerprint density at radius 2 is 2.00 bits per heavy atom. The molecule has 128 valence electrons. The van der Waals surface area contributed by atoms with Crippen molar-refractivity contribution in [1.29, 1.82) is 0 Å². The standard InChI is InChI=1S/C17H29N5O/c1-4-5-14-12-15(19-18-14)16(23)22-8-6-17(7-9-22)13-20(2)10-11-21(17)3/h12H,4-11,13H2,1-3H3,(H,18,19). The van der Waals surface area contributed by atoms with Gasteiger partial charge in [0.05, 0.1) is 0 Å². The van der Waals surface area contributed by atoms with Crippen molar-refractivity contribution in [3.05, 3.63) is 17.5 Å². The molecule has 6 nitrogen and oxygen atoms in total. The van der Waals surface area contributed by atoms with Crippen LogP contribution >= 0.6 is 0 Å². The van der Waals surface area contributed by atoms with Gasteiger partial charge in [-0.1, -0.05) is 13.3 Å². The summed E-state index contributed by atoms with van der Waals surface area (Å²) in [4.78, 5) is 19.5. The molecule has 6 heteroatoms. The van der Waals surface area contributed by atoms with Crippen LogP contribution in [-0.2, 0) is 6.42 Å². The molecule has 0 aromatic carbocycles. The van der Waals surface area contributed by atoms with Crippen molar-refractivity contribution < 1.29 is 4.79 Å². The number of nitrogens with zero attached hydrogens (tertiary/aromatic N) is 4. The van der Waals surface area contributed by atoms with Gasteiger partial charge in [0.15, 0.2) is 0 Å². The molecule has 2 aliphatic heterocycles. The molecule has 3 rings (SSSR count). The summed E-state index contributed by atoms with van der Waals surface area (Å²) in [6.07, 6.45) is 4.10. The SMILES string of the molecule is CCCc1cc(C(=O)N2CCC3(CC2)CN(C)CCN3C)n[nH]1. The maximum atomic E-state index is 12.7. The van der Waals surface area contributed by atoms with E-state index in [9.17, 15) is 4.79 Å². The second-order valence-electron chi connectivity index (χ2n) is 7.20. The average molecular weight is 319 g/mol. The van der Waals surface area contributed by atoms with Crippen molar-refractivity contribution in [2.24, 2.45) is 0 Å². The minimum absolute atomic E-state index is 0.0743. The minimum Gasteiger partial charge on any atom is -0.337 e. The first kappa shape index (κ1) is 16.5. The number of aromatic amines is 1. The molecule has 0 saturated carbocycles. The van der Waals surface area contributed by atoms with Gasteiger partial charge in [-0.3, -0.25) is 14.8 Å². The first-order chi connectivity index (χ1) is 11.0. The van der Waals surface area contributed by atoms with Crippen LogP contribution in [0.2, 0.25) is 0 Å². The van der Waals surface area contributed by atoms with Crippen molar-refractivity contribution in [2.45, 2.75) is 38.1 Å². The average Bonchev–Trinajstić information content (AvgIpc) is 3.00. The molecule has 23 heavy (non-hydrogen) atoms. The molecule has 2 aliphatic rings. The van der Waals surface area contributed by atoms with E-state index in [1.807, 2.05) is 11.0 Å². The lowest BCUT2D eigenvalue weighted by Gasteiger charge is -2.52. The molecule has 0 bridgehead atoms. The number of H-pyrrole nitrogens is 1. The Balaban J connectivity index is 1.62. The molecular weight excluding hydrogens is 290 g/mol. The summed E-state index contributed by atoms with van der Waals surface area (Å²) in [5, 5.41) is 7.19. The van der Waals surface area contributed by atoms with Gasteiger partial charge in [0.2, 0.25) is 0 Å². The Hall–Kier alpha value is -1.40. The second kappa shape index (κ2) is 6.61. The summed E-state index contributed by atoms with van der Waals surface area (Å²) < 4.78 is 0. The van der Waals surface area contributed by atoms with E-state index in [0.717, 1.165) is 64.1 Å². The minimum atomic E-state index is 0.0743. The van der Waals surface area contributed by atoms with Gasteiger partial charge in [0, 0.05) is 44.0 Å². The lowest BCUT2D eigenvalue weighted by molar-refractivity contribution is -0.0158. The number of piperidine rings is 1. The summed E-state index contributed by atoms with van der Waals surface area (Å²) in [7, 11) is 4.43. The van der Waals surface area contributed by atoms with E-state index in [-0.39, 0.29) is 11.4 Å². The van der Waals surface area contributed by atoms with Gasteiger partial charge in [-0.25, -0.2) is 0 Å². The van der Waals surface area contributed by atoms with Crippen LogP contribution in [0.3, 0.4) is 0 Å². The van der Waals surface area contributed by atoms with E-state index in [4.69, 9.17) is 0 Å². The van der Waals surface area contributed by atoms with Crippen molar-refractivity contribution in [1.82, 2.24) is 24.9 Å². The lowest BCUT2D eigenvalue weighted by Crippen LogP contribution is -2.64. The largest absolute Gasteiger partial charge is 0.337 e. The van der Waals surface area contributed by atoms with Crippen LogP contribution in [0.25, 0.3) is 0 Å². The van der Waals surface area contributed by atoms with Crippen molar-refractivity contribution in [2.75, 3.05) is 46.8 Å². The number of hydrogen-bond donors (Lipinski definition) is 1. The van der Waals surface area contributed by atoms with Crippen LogP contribution in [0.5, 0.6) is 0 Å². The number of carbonyl (C=O) groups excluding carboxylic acids is 1. The Morgan fingerprint density at radius 3 is 2.70 bits per heavy atom. The number of rotatable bonds is 3. The quantitative estimate of drug-likeness (QED) is 0.910. The number of aromatic nitrogens is 2. The zero-order valence-corrected chi connectivity index (χ0v) is 14.6. The number of nitrogens with one attached hydrogen (secondary N) is 1. The van der Waals surface area contributed by atoms with Crippen LogP contribution < -0.4 is 0 Å². The van der Waals surface area contributed by atoms with Gasteiger partial charge < -0.3 is 9.80 Å². The number of carbonyl (C=O) groups is 1. The highest BCUT2D eigenvalue weighted by atomic mass is 16.2. The van der Waals surface area contributed by atoms with Crippen LogP contribution in [0.1, 0.15) is 42.4 Å². The van der Waals surface area contributed by atoms with Gasteiger partial charge in [0.25, 0.3) is 5.91 Å². The van der Waals surface area contributed by atoms with Crippen molar-refractivity contribution in [3.63, 3.8) is 0 Å². The third-order valence-corrected chi connectivity index (χ3v) is 5.54. The number of amides is 1. The number of aryl methyl sites for hydroxylation is 1. The maximum Gasteiger partial charge on any atom is 0.274 e. The number of piperazine rings is 1. The molecule has 0 unspecified atom stereocenters. The summed E-state index contributed by atoms with van der Waals surface area (Å²) in [5.74, 6) is 0.0743. The normalized spacial score (nSPS) is 22.7. The van der Waals surface area contributed by atoms with Crippen LogP contribution in [-0.4, -0.2) is 83.2 Å². The number of likely N-dealkylation sites (tertiary alicyclic amines) is 1. The molecule has 0 aliphatic carbocycles. The first-order valence-electron chi connectivity index (χ1n) is 8.77. The second-order valence-corrected chi connectivity index (χ2v) is 7.20. The third-order valence-electron chi connectivity index (χ3n) is 5.54. The highest BCUT2D eigenvalue weighted by Crippen LogP contribution is 2.31. The first-order valence-corrected chi connectivity index (χ1v) is 8.77. The summed E-state index contributed by atoms with van der Waals surface area (Å²) in [5.41, 5.74) is 1.86. The molecule has 0 atom stereocenters. The van der Waals surface area contributed by atoms with Gasteiger partial charge in [-0.2, -0.15) is 5.10 Å². The van der Waals surface area contributed by atoms with Crippen LogP contribution in [0, 0.1) is 0 Å². The van der Waals surface area contributed by atoms with Crippen LogP contribution in [0.4, 0.5) is 0 Å². The Labute approximate surface area is 138 Å². The van der Waals surface area contributed by atoms with E-state index in [2.05, 4.69) is 41.0 Å². The molecule has 0 radical (unpaired) electrons. The van der Waals surface area contributed by atoms with Gasteiger partial charge >= 0.3 is 0 Å². The highest BCUT2D eigenvalue weighted by Gasteiger charge is 2.42. The number of hydrogen-bond acceptors (Lipinski definition) is 4. The fourth-order valence-corrected chi connectivity index (χ4v) is 3.96. The molecule has 1 aromatic heterocycles. The fraction of sp³-hybridized carbons (Fsp3) is 0.765. The molecule has 2 saturated heterocycles. The monoisotopic (exact) mass is 319 g/mol. The van der Waals surface area contributed by atoms with E-state index in [0.29, 0.717) is 5.69 Å². The smallest absolute Gasteiger partial charge is 0.274 e. The molecule has 1 spiro atoms. The molecule has 1 N–H and O–H groups in total. The molecule has 3 heterocycles. The Morgan fingerprint density at radius 1 is 1.26 bits per heavy atom. The predicted molar refractivity (Wildman–Crippen MR) is 90.6 cm³/mol. The third kappa shape index (κ3) is 3.28. The predicted octanol–water partition coefficient (Wildman–Crippen LogP) is 1.21. The number of likely N-dealkylation sites (N-methyl/N-ethyl adjacent to an activating group) is 2. The molecular formula is C17H29N5O. The zero-order valence-electron chi connectivity index (χ0n) is 14.6. The van der Waals surface area contributed by atoms with E-state index >= 15 is 0 Å². The van der Waals surface area contributed by atoms with E-state index < -0.39 is 0 Å². The molecule has 1 aromatic rings. The van der Waals surface area contributed by atoms with Gasteiger partial charge in [-0.15, -0.1) is 0 Å². The Bertz CT molecular complexity index is 547. The topological polar surface area (TPSA) is 55.5 Å². The summed E-state index contributed by atoms with van der Waals surface area (Å²) in [6.45, 7) is 7.14. The maximum absolute atomic E-state index is 12.7. The van der Waals surface area contributed by atoms with E-state index in [1.54, 1.807) is 0 Å². The Kier molecular flexibility index (Phi) is 4.73. The van der Waals surface area contributed by atoms with Crippen molar-refractivity contribution >= 4 is 5.91 Å². The fourth-order valence-electron chi connectivity index (χ4n) is 3.96. The van der Waals surface area contributed by atoms with Gasteiger partial charge in [-0.05, 0) is 39.4 Å². The molecule has 2 fully saturated rings. The zero-order chi connectivity index (χ0) is 16.4. The van der Waals surface area contributed by atoms with Crippen molar-refractivity contribution in [3.8, 4) is 0 Å². The summed E-state index contributed by atoms with van der Waals surface area (Å²) in [6, 6.07) is 1.91. The molecule has 1 amide bonds. The highest BCUT2D eigenvalue weighted by molar-refractivity contribution is 5.92. The van der Waals surface area contributed by atoms with Crippen LogP contribution in [0.15, 0.2) is 6.07 Å². The lowest BCUT2D eigenvalue weighted by atomic mass is 9.84. The van der Waals surface area contributed by atoms with Gasteiger partial charge in [0.1, 0.15) is 5.69 Å². The summed E-state index contributed by atoms with van der Waals surface area (Å²) >= 11 is 0.